The van der Waals surface area contributed by atoms with Crippen LogP contribution >= 0.6 is 0 Å². The minimum absolute atomic E-state index is 0.000926. The van der Waals surface area contributed by atoms with Gasteiger partial charge >= 0.3 is 0 Å². The average Bonchev–Trinajstić information content (AvgIpc) is 3.22. The van der Waals surface area contributed by atoms with E-state index in [1.807, 2.05) is 41.0 Å². The molecule has 26 heavy (non-hydrogen) atoms. The van der Waals surface area contributed by atoms with Crippen LogP contribution in [0.15, 0.2) is 48.9 Å². The standard InChI is InChI=1S/C21H21N3O2/c25-20(23-18-2-1-3-18)16-5-4-15-11-17(7-6-14(15)10-16)21(26)8-9-24-13-22-12-19(21)24/h4-7,10-13,18,26H,1-3,8-9H2,(H,23,25)/t21-/m1/s1. The van der Waals surface area contributed by atoms with Crippen LogP contribution in [0.2, 0.25) is 0 Å². The van der Waals surface area contributed by atoms with Crippen LogP contribution in [0.3, 0.4) is 0 Å². The number of carbonyl (C=O) groups excluding carboxylic acids is 1. The smallest absolute Gasteiger partial charge is 0.251 e. The van der Waals surface area contributed by atoms with E-state index in [4.69, 9.17) is 0 Å². The van der Waals surface area contributed by atoms with Gasteiger partial charge in [0.1, 0.15) is 5.60 Å². The molecule has 0 saturated heterocycles. The van der Waals surface area contributed by atoms with Gasteiger partial charge in [0, 0.05) is 24.6 Å². The van der Waals surface area contributed by atoms with E-state index in [2.05, 4.69) is 10.3 Å². The number of nitrogens with zero attached hydrogens (tertiary/aromatic N) is 2. The van der Waals surface area contributed by atoms with E-state index in [1.54, 1.807) is 12.5 Å². The third-order valence-electron chi connectivity index (χ3n) is 5.87. The zero-order valence-electron chi connectivity index (χ0n) is 14.5. The lowest BCUT2D eigenvalue weighted by Crippen LogP contribution is -2.39. The summed E-state index contributed by atoms with van der Waals surface area (Å²) in [5.74, 6) is -0.000926. The molecular formula is C21H21N3O2. The van der Waals surface area contributed by atoms with Crippen molar-refractivity contribution in [3.05, 3.63) is 65.7 Å². The Kier molecular flexibility index (Phi) is 3.40. The number of aryl methyl sites for hydroxylation is 1. The van der Waals surface area contributed by atoms with E-state index >= 15 is 0 Å². The Morgan fingerprint density at radius 1 is 1.19 bits per heavy atom. The van der Waals surface area contributed by atoms with Crippen molar-refractivity contribution in [3.63, 3.8) is 0 Å². The molecule has 5 nitrogen and oxygen atoms in total. The highest BCUT2D eigenvalue weighted by Gasteiger charge is 2.39. The summed E-state index contributed by atoms with van der Waals surface area (Å²) in [5.41, 5.74) is 1.41. The monoisotopic (exact) mass is 347 g/mol. The van der Waals surface area contributed by atoms with Crippen LogP contribution < -0.4 is 5.32 Å². The molecule has 2 aliphatic rings. The number of hydrogen-bond acceptors (Lipinski definition) is 3. The second-order valence-corrected chi connectivity index (χ2v) is 7.46. The fourth-order valence-corrected chi connectivity index (χ4v) is 4.01. The van der Waals surface area contributed by atoms with Crippen molar-refractivity contribution in [2.45, 2.75) is 43.9 Å². The van der Waals surface area contributed by atoms with Crippen molar-refractivity contribution in [1.29, 1.82) is 0 Å². The summed E-state index contributed by atoms with van der Waals surface area (Å²) < 4.78 is 2.00. The molecule has 2 heterocycles. The first-order chi connectivity index (χ1) is 12.6. The van der Waals surface area contributed by atoms with Crippen LogP contribution in [-0.4, -0.2) is 26.6 Å². The number of aliphatic hydroxyl groups is 1. The minimum Gasteiger partial charge on any atom is -0.379 e. The van der Waals surface area contributed by atoms with Crippen LogP contribution in [0.25, 0.3) is 10.8 Å². The predicted molar refractivity (Wildman–Crippen MR) is 98.9 cm³/mol. The van der Waals surface area contributed by atoms with Gasteiger partial charge in [-0.25, -0.2) is 4.98 Å². The number of aromatic nitrogens is 2. The number of nitrogens with one attached hydrogen (secondary N) is 1. The highest BCUT2D eigenvalue weighted by atomic mass is 16.3. The van der Waals surface area contributed by atoms with Crippen LogP contribution in [0.1, 0.15) is 47.3 Å². The topological polar surface area (TPSA) is 67.2 Å². The van der Waals surface area contributed by atoms with Gasteiger partial charge in [0.2, 0.25) is 0 Å². The first-order valence-electron chi connectivity index (χ1n) is 9.22. The van der Waals surface area contributed by atoms with Gasteiger partial charge in [-0.05, 0) is 53.8 Å². The maximum absolute atomic E-state index is 12.4. The summed E-state index contributed by atoms with van der Waals surface area (Å²) in [5, 5.41) is 16.3. The summed E-state index contributed by atoms with van der Waals surface area (Å²) >= 11 is 0. The number of carbonyl (C=O) groups is 1. The molecule has 3 aromatic rings. The van der Waals surface area contributed by atoms with Gasteiger partial charge in [-0.15, -0.1) is 0 Å². The molecule has 1 aliphatic heterocycles. The lowest BCUT2D eigenvalue weighted by Gasteiger charge is -2.26. The SMILES string of the molecule is O=C(NC1CCC1)c1ccc2cc([C@]3(O)CCn4cncc43)ccc2c1. The largest absolute Gasteiger partial charge is 0.379 e. The number of rotatable bonds is 3. The molecule has 2 aromatic carbocycles. The second kappa shape index (κ2) is 5.68. The molecule has 1 fully saturated rings. The highest BCUT2D eigenvalue weighted by molar-refractivity contribution is 5.98. The average molecular weight is 347 g/mol. The lowest BCUT2D eigenvalue weighted by molar-refractivity contribution is 0.0826. The minimum atomic E-state index is -0.995. The van der Waals surface area contributed by atoms with Crippen molar-refractivity contribution in [2.24, 2.45) is 0 Å². The van der Waals surface area contributed by atoms with Crippen molar-refractivity contribution in [2.75, 3.05) is 0 Å². The Labute approximate surface area is 151 Å². The summed E-state index contributed by atoms with van der Waals surface area (Å²) in [7, 11) is 0. The number of benzene rings is 2. The molecule has 0 unspecified atom stereocenters. The Morgan fingerprint density at radius 3 is 2.81 bits per heavy atom. The van der Waals surface area contributed by atoms with Gasteiger partial charge in [-0.1, -0.05) is 18.2 Å². The molecule has 2 N–H and O–H groups in total. The fraction of sp³-hybridized carbons (Fsp3) is 0.333. The second-order valence-electron chi connectivity index (χ2n) is 7.46. The first kappa shape index (κ1) is 15.6. The van der Waals surface area contributed by atoms with E-state index in [1.165, 1.54) is 6.42 Å². The zero-order chi connectivity index (χ0) is 17.7. The summed E-state index contributed by atoms with van der Waals surface area (Å²) in [6.07, 6.45) is 7.52. The molecule has 1 aromatic heterocycles. The van der Waals surface area contributed by atoms with Crippen molar-refractivity contribution < 1.29 is 9.90 Å². The quantitative estimate of drug-likeness (QED) is 0.765. The summed E-state index contributed by atoms with van der Waals surface area (Å²) in [6, 6.07) is 12.1. The van der Waals surface area contributed by atoms with Crippen LogP contribution in [0.5, 0.6) is 0 Å². The molecule has 5 heteroatoms. The van der Waals surface area contributed by atoms with Crippen LogP contribution in [0, 0.1) is 0 Å². The van der Waals surface area contributed by atoms with Crippen LogP contribution in [0.4, 0.5) is 0 Å². The van der Waals surface area contributed by atoms with Gasteiger partial charge in [0.25, 0.3) is 5.91 Å². The molecule has 1 aliphatic carbocycles. The molecule has 5 rings (SSSR count). The predicted octanol–water partition coefficient (Wildman–Crippen LogP) is 2.96. The Morgan fingerprint density at radius 2 is 2.00 bits per heavy atom. The molecule has 1 atom stereocenters. The highest BCUT2D eigenvalue weighted by Crippen LogP contribution is 2.39. The number of amides is 1. The Hall–Kier alpha value is -2.66. The first-order valence-corrected chi connectivity index (χ1v) is 9.22. The van der Waals surface area contributed by atoms with E-state index in [-0.39, 0.29) is 5.91 Å². The summed E-state index contributed by atoms with van der Waals surface area (Å²) in [4.78, 5) is 16.5. The third-order valence-corrected chi connectivity index (χ3v) is 5.87. The maximum Gasteiger partial charge on any atom is 0.251 e. The number of fused-ring (bicyclic) bond motifs is 2. The zero-order valence-corrected chi connectivity index (χ0v) is 14.5. The van der Waals surface area contributed by atoms with Crippen LogP contribution in [-0.2, 0) is 12.1 Å². The molecular weight excluding hydrogens is 326 g/mol. The fourth-order valence-electron chi connectivity index (χ4n) is 4.01. The van der Waals surface area contributed by atoms with E-state index in [0.29, 0.717) is 18.0 Å². The Bertz CT molecular complexity index is 1010. The molecule has 0 bridgehead atoms. The van der Waals surface area contributed by atoms with Crippen molar-refractivity contribution >= 4 is 16.7 Å². The molecule has 0 spiro atoms. The van der Waals surface area contributed by atoms with E-state index < -0.39 is 5.60 Å². The van der Waals surface area contributed by atoms with Gasteiger partial charge in [0.05, 0.1) is 18.2 Å². The molecule has 1 amide bonds. The van der Waals surface area contributed by atoms with Gasteiger partial charge in [0.15, 0.2) is 0 Å². The lowest BCUT2D eigenvalue weighted by atomic mass is 9.88. The van der Waals surface area contributed by atoms with Crippen molar-refractivity contribution in [1.82, 2.24) is 14.9 Å². The Balaban J connectivity index is 1.47. The van der Waals surface area contributed by atoms with Crippen molar-refractivity contribution in [3.8, 4) is 0 Å². The normalized spacial score (nSPS) is 22.2. The van der Waals surface area contributed by atoms with E-state index in [0.717, 1.165) is 41.4 Å². The molecule has 1 saturated carbocycles. The molecule has 132 valence electrons. The number of imidazole rings is 1. The van der Waals surface area contributed by atoms with E-state index in [9.17, 15) is 9.90 Å². The molecule has 0 radical (unpaired) electrons. The van der Waals surface area contributed by atoms with Gasteiger partial charge in [-0.2, -0.15) is 0 Å². The maximum atomic E-state index is 12.4. The van der Waals surface area contributed by atoms with Gasteiger partial charge < -0.3 is 15.0 Å². The number of hydrogen-bond donors (Lipinski definition) is 2. The third kappa shape index (κ3) is 2.35. The summed E-state index contributed by atoms with van der Waals surface area (Å²) in [6.45, 7) is 0.768. The van der Waals surface area contributed by atoms with Gasteiger partial charge in [-0.3, -0.25) is 4.79 Å².